The molecule has 5 rings (SSSR count). The minimum atomic E-state index is -0.318. The lowest BCUT2D eigenvalue weighted by Gasteiger charge is -2.26. The van der Waals surface area contributed by atoms with Crippen LogP contribution in [-0.2, 0) is 11.2 Å². The Kier molecular flexibility index (Phi) is 5.12. The number of aryl methyl sites for hydroxylation is 1. The SMILES string of the molecule is O=C(CCc1ccc(-c2ccccc2F)o1)N1CC=C(c2c[nH]c3ncccc23)CC1. The summed E-state index contributed by atoms with van der Waals surface area (Å²) in [6, 6.07) is 14.1. The van der Waals surface area contributed by atoms with Crippen molar-refractivity contribution in [1.29, 1.82) is 0 Å². The highest BCUT2D eigenvalue weighted by Crippen LogP contribution is 2.29. The van der Waals surface area contributed by atoms with Crippen LogP contribution >= 0.6 is 0 Å². The van der Waals surface area contributed by atoms with Crippen molar-refractivity contribution >= 4 is 22.5 Å². The van der Waals surface area contributed by atoms with Crippen molar-refractivity contribution in [3.63, 3.8) is 0 Å². The van der Waals surface area contributed by atoms with Gasteiger partial charge in [-0.05, 0) is 48.4 Å². The van der Waals surface area contributed by atoms with E-state index in [9.17, 15) is 9.18 Å². The number of halogens is 1. The molecular formula is C25H22FN3O2. The highest BCUT2D eigenvalue weighted by atomic mass is 19.1. The van der Waals surface area contributed by atoms with Crippen LogP contribution in [-0.4, -0.2) is 33.9 Å². The number of benzene rings is 1. The van der Waals surface area contributed by atoms with E-state index in [0.717, 1.165) is 23.0 Å². The van der Waals surface area contributed by atoms with Gasteiger partial charge in [0.05, 0.1) is 5.56 Å². The number of carbonyl (C=O) groups is 1. The second-order valence-electron chi connectivity index (χ2n) is 7.67. The zero-order valence-corrected chi connectivity index (χ0v) is 17.0. The molecule has 0 fully saturated rings. The van der Waals surface area contributed by atoms with Crippen molar-refractivity contribution < 1.29 is 13.6 Å². The molecule has 1 aliphatic heterocycles. The van der Waals surface area contributed by atoms with Gasteiger partial charge in [0, 0.05) is 49.3 Å². The molecule has 1 amide bonds. The summed E-state index contributed by atoms with van der Waals surface area (Å²) in [6.45, 7) is 1.29. The molecule has 1 N–H and O–H groups in total. The standard InChI is InChI=1S/C25H22FN3O2/c26-22-6-2-1-4-20(22)23-9-7-18(31-23)8-10-24(30)29-14-11-17(12-15-29)21-16-28-25-19(21)5-3-13-27-25/h1-7,9,11,13,16H,8,10,12,14-15H2,(H,27,28). The van der Waals surface area contributed by atoms with Gasteiger partial charge in [-0.2, -0.15) is 0 Å². The average Bonchev–Trinajstić information content (AvgIpc) is 3.45. The number of amides is 1. The molecule has 0 saturated heterocycles. The minimum Gasteiger partial charge on any atom is -0.461 e. The summed E-state index contributed by atoms with van der Waals surface area (Å²) in [5.74, 6) is 0.951. The first kappa shape index (κ1) is 19.3. The third-order valence-electron chi connectivity index (χ3n) is 5.75. The second kappa shape index (κ2) is 8.22. The summed E-state index contributed by atoms with van der Waals surface area (Å²) >= 11 is 0. The van der Waals surface area contributed by atoms with Crippen LogP contribution in [0.25, 0.3) is 27.9 Å². The number of rotatable bonds is 5. The number of carbonyl (C=O) groups excluding carboxylic acids is 1. The second-order valence-corrected chi connectivity index (χ2v) is 7.67. The third-order valence-corrected chi connectivity index (χ3v) is 5.75. The fourth-order valence-electron chi connectivity index (χ4n) is 4.07. The Hall–Kier alpha value is -3.67. The van der Waals surface area contributed by atoms with Gasteiger partial charge in [0.15, 0.2) is 0 Å². The zero-order valence-electron chi connectivity index (χ0n) is 17.0. The number of nitrogens with zero attached hydrogens (tertiary/aromatic N) is 2. The largest absolute Gasteiger partial charge is 0.461 e. The molecule has 6 heteroatoms. The van der Waals surface area contributed by atoms with Crippen molar-refractivity contribution in [2.24, 2.45) is 0 Å². The number of pyridine rings is 1. The molecule has 0 aliphatic carbocycles. The van der Waals surface area contributed by atoms with E-state index in [0.29, 0.717) is 43.0 Å². The summed E-state index contributed by atoms with van der Waals surface area (Å²) in [6.07, 6.45) is 7.56. The number of fused-ring (bicyclic) bond motifs is 1. The van der Waals surface area contributed by atoms with Gasteiger partial charge in [-0.25, -0.2) is 9.37 Å². The van der Waals surface area contributed by atoms with Crippen LogP contribution in [0.2, 0.25) is 0 Å². The van der Waals surface area contributed by atoms with Crippen molar-refractivity contribution in [1.82, 2.24) is 14.9 Å². The van der Waals surface area contributed by atoms with Crippen LogP contribution < -0.4 is 0 Å². The molecule has 31 heavy (non-hydrogen) atoms. The molecule has 0 spiro atoms. The van der Waals surface area contributed by atoms with Crippen LogP contribution in [0, 0.1) is 5.82 Å². The van der Waals surface area contributed by atoms with E-state index < -0.39 is 0 Å². The maximum absolute atomic E-state index is 13.9. The lowest BCUT2D eigenvalue weighted by Crippen LogP contribution is -2.34. The van der Waals surface area contributed by atoms with Crippen LogP contribution in [0.3, 0.4) is 0 Å². The fourth-order valence-corrected chi connectivity index (χ4v) is 4.07. The Morgan fingerprint density at radius 2 is 2.03 bits per heavy atom. The Morgan fingerprint density at radius 1 is 1.13 bits per heavy atom. The third kappa shape index (κ3) is 3.89. The number of hydrogen-bond acceptors (Lipinski definition) is 3. The molecule has 3 aromatic heterocycles. The monoisotopic (exact) mass is 415 g/mol. The van der Waals surface area contributed by atoms with E-state index in [2.05, 4.69) is 22.1 Å². The topological polar surface area (TPSA) is 62.1 Å². The number of aromatic amines is 1. The predicted molar refractivity (Wildman–Crippen MR) is 118 cm³/mol. The van der Waals surface area contributed by atoms with E-state index in [1.165, 1.54) is 11.6 Å². The Balaban J connectivity index is 1.20. The van der Waals surface area contributed by atoms with Crippen LogP contribution in [0.15, 0.2) is 71.4 Å². The van der Waals surface area contributed by atoms with Gasteiger partial charge in [0.1, 0.15) is 23.0 Å². The molecule has 0 bridgehead atoms. The van der Waals surface area contributed by atoms with Crippen LogP contribution in [0.4, 0.5) is 4.39 Å². The van der Waals surface area contributed by atoms with Gasteiger partial charge in [-0.1, -0.05) is 18.2 Å². The summed E-state index contributed by atoms with van der Waals surface area (Å²) < 4.78 is 19.7. The normalized spacial score (nSPS) is 14.1. The number of furan rings is 1. The van der Waals surface area contributed by atoms with E-state index >= 15 is 0 Å². The van der Waals surface area contributed by atoms with Gasteiger partial charge < -0.3 is 14.3 Å². The molecule has 4 heterocycles. The van der Waals surface area contributed by atoms with Crippen molar-refractivity contribution in [2.45, 2.75) is 19.3 Å². The molecule has 0 radical (unpaired) electrons. The maximum Gasteiger partial charge on any atom is 0.223 e. The minimum absolute atomic E-state index is 0.0970. The first-order chi connectivity index (χ1) is 15.2. The predicted octanol–water partition coefficient (Wildman–Crippen LogP) is 5.21. The smallest absolute Gasteiger partial charge is 0.223 e. The first-order valence-electron chi connectivity index (χ1n) is 10.4. The van der Waals surface area contributed by atoms with Gasteiger partial charge >= 0.3 is 0 Å². The van der Waals surface area contributed by atoms with E-state index in [1.807, 2.05) is 23.2 Å². The summed E-state index contributed by atoms with van der Waals surface area (Å²) in [5.41, 5.74) is 3.71. The first-order valence-corrected chi connectivity index (χ1v) is 10.4. The highest BCUT2D eigenvalue weighted by molar-refractivity contribution is 5.91. The Labute approximate surface area is 179 Å². The Bertz CT molecular complexity index is 1270. The van der Waals surface area contributed by atoms with E-state index in [4.69, 9.17) is 4.42 Å². The highest BCUT2D eigenvalue weighted by Gasteiger charge is 2.20. The van der Waals surface area contributed by atoms with Crippen LogP contribution in [0.1, 0.15) is 24.2 Å². The quantitative estimate of drug-likeness (QED) is 0.487. The van der Waals surface area contributed by atoms with Crippen LogP contribution in [0.5, 0.6) is 0 Å². The summed E-state index contributed by atoms with van der Waals surface area (Å²) in [7, 11) is 0. The van der Waals surface area contributed by atoms with Gasteiger partial charge in [0.2, 0.25) is 5.91 Å². The van der Waals surface area contributed by atoms with E-state index in [1.54, 1.807) is 30.5 Å². The van der Waals surface area contributed by atoms with E-state index in [-0.39, 0.29) is 11.7 Å². The number of H-pyrrole nitrogens is 1. The lowest BCUT2D eigenvalue weighted by molar-refractivity contribution is -0.130. The molecule has 156 valence electrons. The maximum atomic E-state index is 13.9. The fraction of sp³-hybridized carbons (Fsp3) is 0.200. The van der Waals surface area contributed by atoms with Crippen molar-refractivity contribution in [3.8, 4) is 11.3 Å². The van der Waals surface area contributed by atoms with Crippen molar-refractivity contribution in [3.05, 3.63) is 84.1 Å². The van der Waals surface area contributed by atoms with Gasteiger partial charge in [-0.3, -0.25) is 4.79 Å². The molecule has 4 aromatic rings. The molecule has 0 atom stereocenters. The molecule has 5 nitrogen and oxygen atoms in total. The molecule has 0 saturated carbocycles. The number of aromatic nitrogens is 2. The Morgan fingerprint density at radius 3 is 2.87 bits per heavy atom. The molecule has 1 aromatic carbocycles. The van der Waals surface area contributed by atoms with Gasteiger partial charge in [-0.15, -0.1) is 0 Å². The average molecular weight is 415 g/mol. The number of hydrogen-bond donors (Lipinski definition) is 1. The zero-order chi connectivity index (χ0) is 21.2. The lowest BCUT2D eigenvalue weighted by atomic mass is 9.99. The number of nitrogens with one attached hydrogen (secondary N) is 1. The molecule has 1 aliphatic rings. The van der Waals surface area contributed by atoms with Crippen molar-refractivity contribution in [2.75, 3.05) is 13.1 Å². The molecular weight excluding hydrogens is 393 g/mol. The summed E-state index contributed by atoms with van der Waals surface area (Å²) in [4.78, 5) is 22.1. The van der Waals surface area contributed by atoms with Gasteiger partial charge in [0.25, 0.3) is 0 Å². The molecule has 0 unspecified atom stereocenters. The summed E-state index contributed by atoms with van der Waals surface area (Å²) in [5, 5.41) is 1.11.